The molecule has 1 rings (SSSR count). The molecule has 2 nitrogen and oxygen atoms in total. The summed E-state index contributed by atoms with van der Waals surface area (Å²) in [6.45, 7) is 4.41. The number of rotatable bonds is 1. The van der Waals surface area contributed by atoms with E-state index in [9.17, 15) is 0 Å². The predicted octanol–water partition coefficient (Wildman–Crippen LogP) is 0.987. The first kappa shape index (κ1) is 4.62. The second kappa shape index (κ2) is 1.96. The Morgan fingerprint density at radius 1 is 1.86 bits per heavy atom. The van der Waals surface area contributed by atoms with Gasteiger partial charge in [0.2, 0.25) is 0 Å². The molecule has 1 heterocycles. The van der Waals surface area contributed by atoms with Crippen molar-refractivity contribution in [3.63, 3.8) is 0 Å². The summed E-state index contributed by atoms with van der Waals surface area (Å²) in [6.07, 6.45) is 1.77. The van der Waals surface area contributed by atoms with Gasteiger partial charge in [0.05, 0.1) is 5.71 Å². The topological polar surface area (TPSA) is 21.6 Å². The maximum absolute atomic E-state index is 4.70. The van der Waals surface area contributed by atoms with Gasteiger partial charge in [0, 0.05) is 6.42 Å². The Balaban J connectivity index is 2.36. The lowest BCUT2D eigenvalue weighted by Crippen LogP contribution is -1.88. The number of hydrogen-bond donors (Lipinski definition) is 0. The van der Waals surface area contributed by atoms with Gasteiger partial charge in [-0.25, -0.2) is 0 Å². The molecule has 0 saturated carbocycles. The third-order valence-electron chi connectivity index (χ3n) is 0.964. The molecule has 0 saturated heterocycles. The Labute approximate surface area is 43.2 Å². The molecule has 0 unspecified atom stereocenters. The maximum Gasteiger partial charge on any atom is 0.122 e. The van der Waals surface area contributed by atoms with E-state index < -0.39 is 0 Å². The summed E-state index contributed by atoms with van der Waals surface area (Å²) in [6, 6.07) is 0. The Kier molecular flexibility index (Phi) is 1.29. The molecule has 0 aliphatic carbocycles. The fourth-order valence-electron chi connectivity index (χ4n) is 0.517. The lowest BCUT2D eigenvalue weighted by molar-refractivity contribution is 0.173. The van der Waals surface area contributed by atoms with Gasteiger partial charge < -0.3 is 4.84 Å². The number of nitrogens with zero attached hydrogens (tertiary/aromatic N) is 1. The van der Waals surface area contributed by atoms with E-state index in [1.807, 2.05) is 0 Å². The molecule has 39 valence electrons. The minimum Gasteiger partial charge on any atom is -0.395 e. The SMILES string of the molecule is [CH2]CC1=NOCC1. The summed E-state index contributed by atoms with van der Waals surface area (Å²) in [5.74, 6) is 0. The lowest BCUT2D eigenvalue weighted by Gasteiger charge is -1.81. The molecule has 0 amide bonds. The highest BCUT2D eigenvalue weighted by atomic mass is 16.6. The van der Waals surface area contributed by atoms with E-state index in [1.165, 1.54) is 0 Å². The van der Waals surface area contributed by atoms with Crippen molar-refractivity contribution in [2.45, 2.75) is 12.8 Å². The van der Waals surface area contributed by atoms with Gasteiger partial charge >= 0.3 is 0 Å². The Hall–Kier alpha value is -0.530. The Bertz CT molecular complexity index is 88.1. The van der Waals surface area contributed by atoms with Crippen LogP contribution in [-0.4, -0.2) is 12.3 Å². The zero-order valence-electron chi connectivity index (χ0n) is 4.18. The summed E-state index contributed by atoms with van der Waals surface area (Å²) in [5.41, 5.74) is 1.08. The van der Waals surface area contributed by atoms with Crippen molar-refractivity contribution in [2.24, 2.45) is 5.16 Å². The van der Waals surface area contributed by atoms with Crippen molar-refractivity contribution in [1.29, 1.82) is 0 Å². The predicted molar refractivity (Wildman–Crippen MR) is 28.0 cm³/mol. The van der Waals surface area contributed by atoms with Gasteiger partial charge in [-0.05, 0) is 13.3 Å². The quantitative estimate of drug-likeness (QED) is 0.479. The van der Waals surface area contributed by atoms with Crippen LogP contribution < -0.4 is 0 Å². The third kappa shape index (κ3) is 0.918. The second-order valence-electron chi connectivity index (χ2n) is 1.49. The molecule has 1 aliphatic rings. The van der Waals surface area contributed by atoms with Crippen LogP contribution >= 0.6 is 0 Å². The average molecular weight is 98.1 g/mol. The van der Waals surface area contributed by atoms with Crippen LogP contribution in [0.1, 0.15) is 12.8 Å². The molecule has 0 aromatic rings. The largest absolute Gasteiger partial charge is 0.395 e. The molecule has 0 aromatic heterocycles. The van der Waals surface area contributed by atoms with Crippen LogP contribution in [0.3, 0.4) is 0 Å². The molecule has 0 N–H and O–H groups in total. The van der Waals surface area contributed by atoms with Gasteiger partial charge in [-0.3, -0.25) is 0 Å². The Morgan fingerprint density at radius 2 is 2.71 bits per heavy atom. The van der Waals surface area contributed by atoms with E-state index in [0.717, 1.165) is 25.2 Å². The van der Waals surface area contributed by atoms with Crippen LogP contribution in [-0.2, 0) is 4.84 Å². The fraction of sp³-hybridized carbons (Fsp3) is 0.600. The molecular weight excluding hydrogens is 90.1 g/mol. The number of oxime groups is 1. The van der Waals surface area contributed by atoms with Crippen molar-refractivity contribution in [3.05, 3.63) is 6.92 Å². The molecule has 0 spiro atoms. The molecule has 0 atom stereocenters. The summed E-state index contributed by atoms with van der Waals surface area (Å²) >= 11 is 0. The molecule has 0 aromatic carbocycles. The van der Waals surface area contributed by atoms with Gasteiger partial charge in [0.25, 0.3) is 0 Å². The maximum atomic E-state index is 4.70. The van der Waals surface area contributed by atoms with Crippen LogP contribution in [0, 0.1) is 6.92 Å². The van der Waals surface area contributed by atoms with Crippen molar-refractivity contribution < 1.29 is 4.84 Å². The molecule has 7 heavy (non-hydrogen) atoms. The fourth-order valence-corrected chi connectivity index (χ4v) is 0.517. The Morgan fingerprint density at radius 3 is 3.00 bits per heavy atom. The van der Waals surface area contributed by atoms with E-state index in [2.05, 4.69) is 12.1 Å². The van der Waals surface area contributed by atoms with Crippen LogP contribution in [0.5, 0.6) is 0 Å². The minimum absolute atomic E-state index is 0.755. The highest BCUT2D eigenvalue weighted by Gasteiger charge is 2.02. The molecule has 2 heteroatoms. The molecule has 0 bridgehead atoms. The van der Waals surface area contributed by atoms with Gasteiger partial charge in [0.15, 0.2) is 0 Å². The highest BCUT2D eigenvalue weighted by molar-refractivity contribution is 5.85. The van der Waals surface area contributed by atoms with Crippen LogP contribution in [0.4, 0.5) is 0 Å². The smallest absolute Gasteiger partial charge is 0.122 e. The first-order chi connectivity index (χ1) is 3.43. The van der Waals surface area contributed by atoms with Crippen LogP contribution in [0.15, 0.2) is 5.16 Å². The van der Waals surface area contributed by atoms with Crippen molar-refractivity contribution in [2.75, 3.05) is 6.61 Å². The standard InChI is InChI=1S/C5H8NO/c1-2-5-3-4-7-6-5/h1-4H2. The van der Waals surface area contributed by atoms with Gasteiger partial charge in [-0.2, -0.15) is 0 Å². The van der Waals surface area contributed by atoms with Crippen LogP contribution in [0.2, 0.25) is 0 Å². The van der Waals surface area contributed by atoms with E-state index >= 15 is 0 Å². The monoisotopic (exact) mass is 98.1 g/mol. The van der Waals surface area contributed by atoms with E-state index in [0.29, 0.717) is 0 Å². The van der Waals surface area contributed by atoms with E-state index in [4.69, 9.17) is 4.84 Å². The highest BCUT2D eigenvalue weighted by Crippen LogP contribution is 2.01. The number of hydrogen-bond acceptors (Lipinski definition) is 2. The van der Waals surface area contributed by atoms with Crippen molar-refractivity contribution in [3.8, 4) is 0 Å². The molecule has 1 radical (unpaired) electrons. The summed E-state index contributed by atoms with van der Waals surface area (Å²) < 4.78 is 0. The van der Waals surface area contributed by atoms with Crippen molar-refractivity contribution >= 4 is 5.71 Å². The van der Waals surface area contributed by atoms with Gasteiger partial charge in [-0.15, -0.1) is 0 Å². The molecule has 0 fully saturated rings. The van der Waals surface area contributed by atoms with E-state index in [1.54, 1.807) is 0 Å². The molecular formula is C5H8NO. The lowest BCUT2D eigenvalue weighted by atomic mass is 10.2. The van der Waals surface area contributed by atoms with Crippen molar-refractivity contribution in [1.82, 2.24) is 0 Å². The normalized spacial score (nSPS) is 18.7. The zero-order valence-corrected chi connectivity index (χ0v) is 4.18. The van der Waals surface area contributed by atoms with Gasteiger partial charge in [-0.1, -0.05) is 5.16 Å². The second-order valence-corrected chi connectivity index (χ2v) is 1.49. The third-order valence-corrected chi connectivity index (χ3v) is 0.964. The average Bonchev–Trinajstić information content (AvgIpc) is 2.14. The minimum atomic E-state index is 0.755. The zero-order chi connectivity index (χ0) is 5.11. The van der Waals surface area contributed by atoms with Gasteiger partial charge in [0.1, 0.15) is 6.61 Å². The molecule has 1 aliphatic heterocycles. The summed E-state index contributed by atoms with van der Waals surface area (Å²) in [4.78, 5) is 4.70. The first-order valence-corrected chi connectivity index (χ1v) is 2.40. The summed E-state index contributed by atoms with van der Waals surface area (Å²) in [5, 5.41) is 3.71. The first-order valence-electron chi connectivity index (χ1n) is 2.40. The van der Waals surface area contributed by atoms with E-state index in [-0.39, 0.29) is 0 Å². The summed E-state index contributed by atoms with van der Waals surface area (Å²) in [7, 11) is 0. The van der Waals surface area contributed by atoms with Crippen LogP contribution in [0.25, 0.3) is 0 Å².